The number of nitrogen functional groups attached to an aromatic ring is 1. The topological polar surface area (TPSA) is 127 Å². The molecule has 2 heterocycles. The summed E-state index contributed by atoms with van der Waals surface area (Å²) in [5, 5.41) is 2.84. The van der Waals surface area contributed by atoms with Crippen LogP contribution in [0.2, 0.25) is 0 Å². The molecule has 9 heteroatoms. The van der Waals surface area contributed by atoms with Crippen LogP contribution in [0, 0.1) is 5.92 Å². The van der Waals surface area contributed by atoms with Gasteiger partial charge < -0.3 is 11.1 Å². The number of carbonyl (C=O) groups is 1. The van der Waals surface area contributed by atoms with Crippen molar-refractivity contribution < 1.29 is 13.2 Å². The summed E-state index contributed by atoms with van der Waals surface area (Å²) in [6.45, 7) is 2.64. The number of nitrogens with zero attached hydrogens (tertiary/aromatic N) is 2. The number of hydrogen-bond acceptors (Lipinski definition) is 6. The third kappa shape index (κ3) is 4.46. The highest BCUT2D eigenvalue weighted by molar-refractivity contribution is 7.89. The van der Waals surface area contributed by atoms with Crippen molar-refractivity contribution in [3.05, 3.63) is 71.0 Å². The van der Waals surface area contributed by atoms with E-state index in [1.165, 1.54) is 0 Å². The lowest BCUT2D eigenvalue weighted by Gasteiger charge is -2.17. The van der Waals surface area contributed by atoms with Crippen LogP contribution in [0.1, 0.15) is 40.5 Å². The molecule has 1 fully saturated rings. The van der Waals surface area contributed by atoms with Gasteiger partial charge in [-0.2, -0.15) is 0 Å². The van der Waals surface area contributed by atoms with Crippen LogP contribution < -0.4 is 15.8 Å². The number of carbonyl (C=O) groups excluding carboxylic acids is 1. The van der Waals surface area contributed by atoms with Crippen molar-refractivity contribution in [2.75, 3.05) is 12.3 Å². The Balaban J connectivity index is 1.36. The number of benzene rings is 2. The number of nitrogens with two attached hydrogens (primary N) is 1. The average molecular weight is 464 g/mol. The highest BCUT2D eigenvalue weighted by Gasteiger charge is 2.36. The molecule has 4 N–H and O–H groups in total. The SMILES string of the molecule is CC1CC1NS(=O)(=O)c1ccc(Cc2cnc(N)c(-c3ccc4c(c3)CCNC4=O)n2)cc1. The maximum Gasteiger partial charge on any atom is 0.251 e. The third-order valence-electron chi connectivity index (χ3n) is 6.19. The van der Waals surface area contributed by atoms with E-state index in [1.807, 2.05) is 19.1 Å². The van der Waals surface area contributed by atoms with Crippen molar-refractivity contribution >= 4 is 21.7 Å². The Bertz CT molecular complexity index is 1340. The molecular weight excluding hydrogens is 438 g/mol. The molecular formula is C24H25N5O3S. The van der Waals surface area contributed by atoms with E-state index in [-0.39, 0.29) is 16.8 Å². The number of anilines is 1. The van der Waals surface area contributed by atoms with Crippen LogP contribution in [-0.4, -0.2) is 36.9 Å². The van der Waals surface area contributed by atoms with Gasteiger partial charge in [0.2, 0.25) is 10.0 Å². The Kier molecular flexibility index (Phi) is 5.38. The summed E-state index contributed by atoms with van der Waals surface area (Å²) in [6, 6.07) is 12.4. The number of aromatic nitrogens is 2. The van der Waals surface area contributed by atoms with Gasteiger partial charge in [0.05, 0.1) is 16.8 Å². The fourth-order valence-corrected chi connectivity index (χ4v) is 5.41. The van der Waals surface area contributed by atoms with Gasteiger partial charge in [0.1, 0.15) is 11.5 Å². The molecule has 2 aromatic carbocycles. The van der Waals surface area contributed by atoms with Crippen molar-refractivity contribution in [2.24, 2.45) is 5.92 Å². The van der Waals surface area contributed by atoms with Gasteiger partial charge in [0.25, 0.3) is 5.91 Å². The van der Waals surface area contributed by atoms with Crippen LogP contribution >= 0.6 is 0 Å². The zero-order valence-corrected chi connectivity index (χ0v) is 19.0. The molecule has 0 radical (unpaired) electrons. The van der Waals surface area contributed by atoms with Gasteiger partial charge in [-0.3, -0.25) is 4.79 Å². The molecule has 170 valence electrons. The van der Waals surface area contributed by atoms with Crippen LogP contribution in [0.25, 0.3) is 11.3 Å². The van der Waals surface area contributed by atoms with E-state index in [2.05, 4.69) is 15.0 Å². The molecule has 0 saturated heterocycles. The Morgan fingerprint density at radius 2 is 1.94 bits per heavy atom. The summed E-state index contributed by atoms with van der Waals surface area (Å²) in [6.07, 6.45) is 3.75. The van der Waals surface area contributed by atoms with Gasteiger partial charge in [-0.1, -0.05) is 25.1 Å². The number of hydrogen-bond donors (Lipinski definition) is 3. The summed E-state index contributed by atoms with van der Waals surface area (Å²) >= 11 is 0. The van der Waals surface area contributed by atoms with Gasteiger partial charge in [-0.15, -0.1) is 0 Å². The summed E-state index contributed by atoms with van der Waals surface area (Å²) in [5.41, 5.74) is 10.8. The smallest absolute Gasteiger partial charge is 0.251 e. The Labute approximate surface area is 192 Å². The minimum Gasteiger partial charge on any atom is -0.382 e. The molecule has 1 saturated carbocycles. The lowest BCUT2D eigenvalue weighted by atomic mass is 9.96. The number of nitrogens with one attached hydrogen (secondary N) is 2. The summed E-state index contributed by atoms with van der Waals surface area (Å²) in [7, 11) is -3.50. The minimum atomic E-state index is -3.50. The maximum atomic E-state index is 12.5. The van der Waals surface area contributed by atoms with E-state index in [0.29, 0.717) is 36.0 Å². The van der Waals surface area contributed by atoms with E-state index >= 15 is 0 Å². The molecule has 5 rings (SSSR count). The molecule has 8 nitrogen and oxygen atoms in total. The standard InChI is InChI=1S/C24H25N5O3S/c1-14-10-21(14)29-33(31,32)19-5-2-15(3-6-19)11-18-13-27-23(25)22(28-18)17-4-7-20-16(12-17)8-9-26-24(20)30/h2-7,12-14,21,29H,8-11H2,1H3,(H2,25,27)(H,26,30). The summed E-state index contributed by atoms with van der Waals surface area (Å²) in [5.74, 6) is 0.647. The maximum absolute atomic E-state index is 12.5. The molecule has 3 aromatic rings. The molecule has 0 spiro atoms. The second-order valence-electron chi connectivity index (χ2n) is 8.73. The van der Waals surface area contributed by atoms with E-state index in [4.69, 9.17) is 10.7 Å². The van der Waals surface area contributed by atoms with Gasteiger partial charge in [0.15, 0.2) is 0 Å². The van der Waals surface area contributed by atoms with Crippen LogP contribution in [0.4, 0.5) is 5.82 Å². The molecule has 2 aliphatic rings. The van der Waals surface area contributed by atoms with Crippen molar-refractivity contribution in [1.29, 1.82) is 0 Å². The van der Waals surface area contributed by atoms with Crippen LogP contribution in [0.3, 0.4) is 0 Å². The molecule has 1 amide bonds. The van der Waals surface area contributed by atoms with Gasteiger partial charge in [-0.05, 0) is 54.2 Å². The molecule has 33 heavy (non-hydrogen) atoms. The van der Waals surface area contributed by atoms with Crippen LogP contribution in [-0.2, 0) is 22.9 Å². The van der Waals surface area contributed by atoms with E-state index < -0.39 is 10.0 Å². The molecule has 2 unspecified atom stereocenters. The largest absolute Gasteiger partial charge is 0.382 e. The van der Waals surface area contributed by atoms with Crippen molar-refractivity contribution in [3.8, 4) is 11.3 Å². The predicted octanol–water partition coefficient (Wildman–Crippen LogP) is 2.29. The van der Waals surface area contributed by atoms with Crippen LogP contribution in [0.15, 0.2) is 53.6 Å². The van der Waals surface area contributed by atoms with Crippen molar-refractivity contribution in [1.82, 2.24) is 20.0 Å². The lowest BCUT2D eigenvalue weighted by Crippen LogP contribution is -2.31. The Hall–Kier alpha value is -3.30. The Morgan fingerprint density at radius 3 is 2.67 bits per heavy atom. The normalized spacial score (nSPS) is 19.6. The summed E-state index contributed by atoms with van der Waals surface area (Å²) in [4.78, 5) is 21.3. The first-order chi connectivity index (χ1) is 15.8. The first-order valence-electron chi connectivity index (χ1n) is 10.9. The molecule has 0 bridgehead atoms. The fourth-order valence-electron chi connectivity index (χ4n) is 4.06. The second-order valence-corrected chi connectivity index (χ2v) is 10.4. The van der Waals surface area contributed by atoms with Crippen molar-refractivity contribution in [2.45, 2.75) is 37.1 Å². The summed E-state index contributed by atoms with van der Waals surface area (Å²) < 4.78 is 27.7. The van der Waals surface area contributed by atoms with Gasteiger partial charge >= 0.3 is 0 Å². The minimum absolute atomic E-state index is 0.0381. The number of sulfonamides is 1. The van der Waals surface area contributed by atoms with E-state index in [0.717, 1.165) is 35.2 Å². The molecule has 1 aromatic heterocycles. The number of rotatable bonds is 6. The third-order valence-corrected chi connectivity index (χ3v) is 7.69. The first kappa shape index (κ1) is 21.5. The highest BCUT2D eigenvalue weighted by Crippen LogP contribution is 2.31. The zero-order chi connectivity index (χ0) is 23.2. The molecule has 1 aliphatic heterocycles. The highest BCUT2D eigenvalue weighted by atomic mass is 32.2. The van der Waals surface area contributed by atoms with E-state index in [1.54, 1.807) is 36.5 Å². The van der Waals surface area contributed by atoms with Gasteiger partial charge in [-0.25, -0.2) is 23.1 Å². The zero-order valence-electron chi connectivity index (χ0n) is 18.2. The molecule has 1 aliphatic carbocycles. The number of amides is 1. The first-order valence-corrected chi connectivity index (χ1v) is 12.4. The van der Waals surface area contributed by atoms with Gasteiger partial charge in [0, 0.05) is 30.1 Å². The van der Waals surface area contributed by atoms with Crippen molar-refractivity contribution in [3.63, 3.8) is 0 Å². The monoisotopic (exact) mass is 463 g/mol. The average Bonchev–Trinajstić information content (AvgIpc) is 3.48. The fraction of sp³-hybridized carbons (Fsp3) is 0.292. The quantitative estimate of drug-likeness (QED) is 0.515. The second kappa shape index (κ2) is 8.24. The Morgan fingerprint density at radius 1 is 1.18 bits per heavy atom. The van der Waals surface area contributed by atoms with Crippen LogP contribution in [0.5, 0.6) is 0 Å². The van der Waals surface area contributed by atoms with E-state index in [9.17, 15) is 13.2 Å². The predicted molar refractivity (Wildman–Crippen MR) is 125 cm³/mol. The number of fused-ring (bicyclic) bond motifs is 1. The molecule has 2 atom stereocenters. The lowest BCUT2D eigenvalue weighted by molar-refractivity contribution is 0.0946.